The second kappa shape index (κ2) is 4.13. The lowest BCUT2D eigenvalue weighted by molar-refractivity contribution is 0.727. The molecule has 1 aromatic carbocycles. The van der Waals surface area contributed by atoms with Gasteiger partial charge in [-0.3, -0.25) is 0 Å². The van der Waals surface area contributed by atoms with Crippen molar-refractivity contribution >= 4 is 0 Å². The molecular weight excluding hydrogens is 172 g/mol. The molecule has 2 heteroatoms. The summed E-state index contributed by atoms with van der Waals surface area (Å²) in [5.41, 5.74) is -0.543. The molecule has 0 saturated heterocycles. The molecule has 0 radical (unpaired) electrons. The van der Waals surface area contributed by atoms with Crippen LogP contribution in [0.1, 0.15) is 12.0 Å². The summed E-state index contributed by atoms with van der Waals surface area (Å²) in [7, 11) is 0. The van der Waals surface area contributed by atoms with Crippen LogP contribution in [0.2, 0.25) is 0 Å². The molecule has 0 fully saturated rings. The van der Waals surface area contributed by atoms with Gasteiger partial charge in [0.25, 0.3) is 0 Å². The molecule has 0 bridgehead atoms. The Bertz CT molecular complexity index is 412. The van der Waals surface area contributed by atoms with Crippen LogP contribution in [0.3, 0.4) is 0 Å². The first-order chi connectivity index (χ1) is 6.79. The standard InChI is InChI=1S/C12H8N2/c1-2-8-12(9-13,10-14)11-6-4-3-5-7-11/h1,3-7H,8H2. The SMILES string of the molecule is C#CCC(C#N)(C#N)c1ccccc1. The van der Waals surface area contributed by atoms with Crippen LogP contribution >= 0.6 is 0 Å². The average Bonchev–Trinajstić information content (AvgIpc) is 2.27. The number of terminal acetylenes is 1. The lowest BCUT2D eigenvalue weighted by atomic mass is 9.81. The van der Waals surface area contributed by atoms with Crippen molar-refractivity contribution in [1.29, 1.82) is 10.5 Å². The first-order valence-electron chi connectivity index (χ1n) is 4.10. The van der Waals surface area contributed by atoms with E-state index in [9.17, 15) is 0 Å². The molecule has 2 nitrogen and oxygen atoms in total. The van der Waals surface area contributed by atoms with E-state index in [0.717, 1.165) is 0 Å². The van der Waals surface area contributed by atoms with Crippen molar-refractivity contribution in [3.8, 4) is 24.5 Å². The molecule has 0 saturated carbocycles. The molecule has 0 heterocycles. The van der Waals surface area contributed by atoms with Gasteiger partial charge in [0.05, 0.1) is 12.1 Å². The van der Waals surface area contributed by atoms with E-state index in [4.69, 9.17) is 16.9 Å². The largest absolute Gasteiger partial charge is 0.196 e. The Morgan fingerprint density at radius 3 is 2.14 bits per heavy atom. The van der Waals surface area contributed by atoms with Crippen LogP contribution in [-0.4, -0.2) is 0 Å². The van der Waals surface area contributed by atoms with Crippen molar-refractivity contribution in [3.63, 3.8) is 0 Å². The van der Waals surface area contributed by atoms with Gasteiger partial charge in [0, 0.05) is 6.42 Å². The van der Waals surface area contributed by atoms with Crippen LogP contribution in [0.4, 0.5) is 0 Å². The van der Waals surface area contributed by atoms with Gasteiger partial charge >= 0.3 is 0 Å². The van der Waals surface area contributed by atoms with Crippen molar-refractivity contribution in [2.75, 3.05) is 0 Å². The van der Waals surface area contributed by atoms with Gasteiger partial charge in [0.15, 0.2) is 5.41 Å². The van der Waals surface area contributed by atoms with Gasteiger partial charge in [-0.15, -0.1) is 12.3 Å². The quantitative estimate of drug-likeness (QED) is 0.653. The monoisotopic (exact) mass is 180 g/mol. The number of hydrogen-bond acceptors (Lipinski definition) is 2. The lowest BCUT2D eigenvalue weighted by Crippen LogP contribution is -2.20. The molecule has 1 aromatic rings. The second-order valence-corrected chi connectivity index (χ2v) is 2.88. The van der Waals surface area contributed by atoms with E-state index in [1.807, 2.05) is 18.2 Å². The Morgan fingerprint density at radius 2 is 1.71 bits per heavy atom. The summed E-state index contributed by atoms with van der Waals surface area (Å²) < 4.78 is 0. The van der Waals surface area contributed by atoms with Crippen molar-refractivity contribution in [2.24, 2.45) is 0 Å². The lowest BCUT2D eigenvalue weighted by Gasteiger charge is -2.15. The summed E-state index contributed by atoms with van der Waals surface area (Å²) in [5.74, 6) is 2.36. The maximum atomic E-state index is 8.99. The summed E-state index contributed by atoms with van der Waals surface area (Å²) in [5, 5.41) is 18.0. The Hall–Kier alpha value is -2.24. The third kappa shape index (κ3) is 1.58. The molecule has 0 amide bonds. The highest BCUT2D eigenvalue weighted by atomic mass is 14.4. The van der Waals surface area contributed by atoms with Crippen molar-refractivity contribution in [3.05, 3.63) is 35.9 Å². The Kier molecular flexibility index (Phi) is 2.90. The van der Waals surface area contributed by atoms with Crippen molar-refractivity contribution < 1.29 is 0 Å². The molecule has 0 spiro atoms. The highest BCUT2D eigenvalue weighted by Gasteiger charge is 2.31. The van der Waals surface area contributed by atoms with Crippen LogP contribution < -0.4 is 0 Å². The smallest absolute Gasteiger partial charge is 0.179 e. The molecule has 0 aromatic heterocycles. The Balaban J connectivity index is 3.23. The third-order valence-electron chi connectivity index (χ3n) is 2.02. The van der Waals surface area contributed by atoms with Crippen LogP contribution in [-0.2, 0) is 5.41 Å². The minimum atomic E-state index is -1.20. The minimum absolute atomic E-state index is 0.115. The predicted octanol–water partition coefficient (Wildman–Crippen LogP) is 1.99. The van der Waals surface area contributed by atoms with Crippen LogP contribution in [0.15, 0.2) is 30.3 Å². The summed E-state index contributed by atoms with van der Waals surface area (Å²) >= 11 is 0. The molecular formula is C12H8N2. The molecule has 0 atom stereocenters. The van der Waals surface area contributed by atoms with Gasteiger partial charge in [0.2, 0.25) is 0 Å². The van der Waals surface area contributed by atoms with Crippen molar-refractivity contribution in [2.45, 2.75) is 11.8 Å². The number of benzene rings is 1. The topological polar surface area (TPSA) is 47.6 Å². The van der Waals surface area contributed by atoms with Gasteiger partial charge in [-0.2, -0.15) is 10.5 Å². The average molecular weight is 180 g/mol. The Morgan fingerprint density at radius 1 is 1.14 bits per heavy atom. The van der Waals surface area contributed by atoms with E-state index in [-0.39, 0.29) is 6.42 Å². The normalized spacial score (nSPS) is 9.50. The van der Waals surface area contributed by atoms with Gasteiger partial charge in [0.1, 0.15) is 0 Å². The van der Waals surface area contributed by atoms with E-state index in [0.29, 0.717) is 5.56 Å². The highest BCUT2D eigenvalue weighted by Crippen LogP contribution is 2.25. The van der Waals surface area contributed by atoms with Gasteiger partial charge in [-0.05, 0) is 5.56 Å². The molecule has 14 heavy (non-hydrogen) atoms. The summed E-state index contributed by atoms with van der Waals surface area (Å²) in [6.45, 7) is 0. The fraction of sp³-hybridized carbons (Fsp3) is 0.167. The number of rotatable bonds is 2. The predicted molar refractivity (Wildman–Crippen MR) is 52.8 cm³/mol. The molecule has 66 valence electrons. The Labute approximate surface area is 83.4 Å². The highest BCUT2D eigenvalue weighted by molar-refractivity contribution is 5.41. The zero-order chi connectivity index (χ0) is 10.4. The van der Waals surface area contributed by atoms with Gasteiger partial charge in [-0.1, -0.05) is 30.3 Å². The maximum absolute atomic E-state index is 8.99. The first kappa shape index (κ1) is 9.85. The fourth-order valence-corrected chi connectivity index (χ4v) is 1.21. The van der Waals surface area contributed by atoms with E-state index in [1.165, 1.54) is 0 Å². The van der Waals surface area contributed by atoms with Gasteiger partial charge in [-0.25, -0.2) is 0 Å². The number of nitriles is 2. The van der Waals surface area contributed by atoms with E-state index >= 15 is 0 Å². The van der Waals surface area contributed by atoms with Crippen LogP contribution in [0.5, 0.6) is 0 Å². The zero-order valence-electron chi connectivity index (χ0n) is 7.57. The zero-order valence-corrected chi connectivity index (χ0v) is 7.57. The number of hydrogen-bond donors (Lipinski definition) is 0. The molecule has 0 unspecified atom stereocenters. The molecule has 0 N–H and O–H groups in total. The third-order valence-corrected chi connectivity index (χ3v) is 2.02. The first-order valence-corrected chi connectivity index (χ1v) is 4.10. The second-order valence-electron chi connectivity index (χ2n) is 2.88. The molecule has 0 aliphatic rings. The fourth-order valence-electron chi connectivity index (χ4n) is 1.21. The van der Waals surface area contributed by atoms with E-state index < -0.39 is 5.41 Å². The molecule has 0 aliphatic heterocycles. The van der Waals surface area contributed by atoms with E-state index in [1.54, 1.807) is 24.3 Å². The minimum Gasteiger partial charge on any atom is -0.196 e. The van der Waals surface area contributed by atoms with Gasteiger partial charge < -0.3 is 0 Å². The number of nitrogens with zero attached hydrogens (tertiary/aromatic N) is 2. The summed E-state index contributed by atoms with van der Waals surface area (Å²) in [4.78, 5) is 0. The summed E-state index contributed by atoms with van der Waals surface area (Å²) in [6, 6.07) is 12.8. The van der Waals surface area contributed by atoms with E-state index in [2.05, 4.69) is 5.92 Å². The molecule has 1 rings (SSSR count). The summed E-state index contributed by atoms with van der Waals surface area (Å²) in [6.07, 6.45) is 5.27. The van der Waals surface area contributed by atoms with Crippen LogP contribution in [0.25, 0.3) is 0 Å². The maximum Gasteiger partial charge on any atom is 0.179 e. The van der Waals surface area contributed by atoms with Crippen LogP contribution in [0, 0.1) is 35.0 Å². The molecule has 0 aliphatic carbocycles. The van der Waals surface area contributed by atoms with Crippen molar-refractivity contribution in [1.82, 2.24) is 0 Å².